The number of carbonyl (C=O) groups is 1. The Morgan fingerprint density at radius 1 is 1.40 bits per heavy atom. The molecule has 1 fully saturated rings. The van der Waals surface area contributed by atoms with Crippen LogP contribution in [-0.2, 0) is 4.79 Å². The molecule has 1 aliphatic heterocycles. The SMILES string of the molecule is CNC(=O)C1(C)CCN(C2CC(N)c3ccccc32)C1. The maximum Gasteiger partial charge on any atom is 0.227 e. The lowest BCUT2D eigenvalue weighted by Gasteiger charge is -2.27. The lowest BCUT2D eigenvalue weighted by atomic mass is 9.89. The van der Waals surface area contributed by atoms with Crippen molar-refractivity contribution in [2.45, 2.75) is 31.8 Å². The zero-order chi connectivity index (χ0) is 14.3. The highest BCUT2D eigenvalue weighted by molar-refractivity contribution is 5.82. The first-order valence-corrected chi connectivity index (χ1v) is 7.36. The number of likely N-dealkylation sites (tertiary alicyclic amines) is 1. The molecule has 1 aliphatic carbocycles. The van der Waals surface area contributed by atoms with Crippen LogP contribution in [-0.4, -0.2) is 30.9 Å². The summed E-state index contributed by atoms with van der Waals surface area (Å²) >= 11 is 0. The van der Waals surface area contributed by atoms with Crippen LogP contribution in [0.4, 0.5) is 0 Å². The van der Waals surface area contributed by atoms with Gasteiger partial charge in [0, 0.05) is 25.7 Å². The summed E-state index contributed by atoms with van der Waals surface area (Å²) in [6.07, 6.45) is 1.88. The van der Waals surface area contributed by atoms with E-state index >= 15 is 0 Å². The van der Waals surface area contributed by atoms with Crippen LogP contribution in [0.2, 0.25) is 0 Å². The van der Waals surface area contributed by atoms with E-state index in [1.165, 1.54) is 11.1 Å². The molecule has 0 bridgehead atoms. The number of rotatable bonds is 2. The third-order valence-electron chi connectivity index (χ3n) is 4.95. The Kier molecular flexibility index (Phi) is 3.30. The monoisotopic (exact) mass is 273 g/mol. The average molecular weight is 273 g/mol. The fourth-order valence-electron chi connectivity index (χ4n) is 3.74. The van der Waals surface area contributed by atoms with Crippen molar-refractivity contribution in [3.63, 3.8) is 0 Å². The highest BCUT2D eigenvalue weighted by atomic mass is 16.2. The number of carbonyl (C=O) groups excluding carboxylic acids is 1. The second-order valence-corrected chi connectivity index (χ2v) is 6.35. The van der Waals surface area contributed by atoms with Crippen molar-refractivity contribution < 1.29 is 4.79 Å². The topological polar surface area (TPSA) is 58.4 Å². The van der Waals surface area contributed by atoms with E-state index < -0.39 is 0 Å². The van der Waals surface area contributed by atoms with Crippen LogP contribution in [0.25, 0.3) is 0 Å². The van der Waals surface area contributed by atoms with E-state index in [9.17, 15) is 4.79 Å². The van der Waals surface area contributed by atoms with Crippen molar-refractivity contribution in [3.8, 4) is 0 Å². The first-order valence-electron chi connectivity index (χ1n) is 7.36. The zero-order valence-electron chi connectivity index (χ0n) is 12.2. The van der Waals surface area contributed by atoms with Crippen LogP contribution in [0, 0.1) is 5.41 Å². The van der Waals surface area contributed by atoms with Crippen molar-refractivity contribution >= 4 is 5.91 Å². The van der Waals surface area contributed by atoms with Crippen molar-refractivity contribution in [1.82, 2.24) is 10.2 Å². The summed E-state index contributed by atoms with van der Waals surface area (Å²) in [6.45, 7) is 3.85. The van der Waals surface area contributed by atoms with Crippen molar-refractivity contribution in [2.75, 3.05) is 20.1 Å². The van der Waals surface area contributed by atoms with Crippen LogP contribution in [0.5, 0.6) is 0 Å². The Balaban J connectivity index is 1.82. The first-order chi connectivity index (χ1) is 9.55. The van der Waals surface area contributed by atoms with Gasteiger partial charge < -0.3 is 11.1 Å². The van der Waals surface area contributed by atoms with Gasteiger partial charge in [-0.15, -0.1) is 0 Å². The van der Waals surface area contributed by atoms with Gasteiger partial charge in [-0.25, -0.2) is 0 Å². The van der Waals surface area contributed by atoms with Gasteiger partial charge in [0.05, 0.1) is 5.41 Å². The molecule has 1 amide bonds. The van der Waals surface area contributed by atoms with E-state index in [2.05, 4.69) is 41.4 Å². The second kappa shape index (κ2) is 4.86. The molecular formula is C16H23N3O. The number of hydrogen-bond donors (Lipinski definition) is 2. The van der Waals surface area contributed by atoms with E-state index in [4.69, 9.17) is 5.73 Å². The van der Waals surface area contributed by atoms with Crippen LogP contribution >= 0.6 is 0 Å². The van der Waals surface area contributed by atoms with E-state index in [0.717, 1.165) is 25.9 Å². The number of hydrogen-bond acceptors (Lipinski definition) is 3. The Hall–Kier alpha value is -1.39. The van der Waals surface area contributed by atoms with E-state index in [-0.39, 0.29) is 17.4 Å². The number of amides is 1. The summed E-state index contributed by atoms with van der Waals surface area (Å²) in [5.74, 6) is 0.149. The van der Waals surface area contributed by atoms with Gasteiger partial charge in [-0.1, -0.05) is 24.3 Å². The standard InChI is InChI=1S/C16H23N3O/c1-16(15(20)18-2)7-8-19(10-16)14-9-13(17)11-5-3-4-6-12(11)14/h3-6,13-14H,7-10,17H2,1-2H3,(H,18,20). The highest BCUT2D eigenvalue weighted by Crippen LogP contribution is 2.44. The lowest BCUT2D eigenvalue weighted by Crippen LogP contribution is -2.39. The van der Waals surface area contributed by atoms with Crippen LogP contribution in [0.3, 0.4) is 0 Å². The maximum atomic E-state index is 12.0. The minimum absolute atomic E-state index is 0.128. The summed E-state index contributed by atoms with van der Waals surface area (Å²) in [6, 6.07) is 8.95. The Morgan fingerprint density at radius 2 is 2.10 bits per heavy atom. The van der Waals surface area contributed by atoms with Gasteiger partial charge in [0.15, 0.2) is 0 Å². The molecule has 2 aliphatic rings. The molecule has 108 valence electrons. The highest BCUT2D eigenvalue weighted by Gasteiger charge is 2.44. The quantitative estimate of drug-likeness (QED) is 0.860. The van der Waals surface area contributed by atoms with Crippen LogP contribution < -0.4 is 11.1 Å². The molecule has 4 heteroatoms. The smallest absolute Gasteiger partial charge is 0.227 e. The number of fused-ring (bicyclic) bond motifs is 1. The minimum atomic E-state index is -0.267. The van der Waals surface area contributed by atoms with Crippen LogP contribution in [0.1, 0.15) is 43.0 Å². The Labute approximate surface area is 120 Å². The van der Waals surface area contributed by atoms with Crippen molar-refractivity contribution in [1.29, 1.82) is 0 Å². The third kappa shape index (κ3) is 2.03. The molecule has 3 rings (SSSR count). The first kappa shape index (κ1) is 13.6. The Bertz CT molecular complexity index is 530. The average Bonchev–Trinajstić information content (AvgIpc) is 3.01. The molecule has 4 nitrogen and oxygen atoms in total. The molecule has 0 spiro atoms. The van der Waals surface area contributed by atoms with Crippen LogP contribution in [0.15, 0.2) is 24.3 Å². The molecule has 0 saturated carbocycles. The predicted octanol–water partition coefficient (Wildman–Crippen LogP) is 1.59. The number of nitrogens with two attached hydrogens (primary N) is 1. The van der Waals surface area contributed by atoms with Crippen molar-refractivity contribution in [3.05, 3.63) is 35.4 Å². The van der Waals surface area contributed by atoms with Gasteiger partial charge in [0.2, 0.25) is 5.91 Å². The summed E-state index contributed by atoms with van der Waals surface area (Å²) in [4.78, 5) is 14.5. The molecule has 0 radical (unpaired) electrons. The van der Waals surface area contributed by atoms with E-state index in [1.54, 1.807) is 7.05 Å². The molecule has 1 aromatic carbocycles. The predicted molar refractivity (Wildman–Crippen MR) is 79.1 cm³/mol. The molecule has 0 aromatic heterocycles. The summed E-state index contributed by atoms with van der Waals surface area (Å²) in [5.41, 5.74) is 8.60. The van der Waals surface area contributed by atoms with E-state index in [0.29, 0.717) is 6.04 Å². The molecule has 1 aromatic rings. The molecule has 1 heterocycles. The molecule has 3 N–H and O–H groups in total. The zero-order valence-corrected chi connectivity index (χ0v) is 12.2. The fraction of sp³-hybridized carbons (Fsp3) is 0.562. The second-order valence-electron chi connectivity index (χ2n) is 6.35. The molecule has 20 heavy (non-hydrogen) atoms. The van der Waals surface area contributed by atoms with Gasteiger partial charge >= 0.3 is 0 Å². The summed E-state index contributed by atoms with van der Waals surface area (Å²) < 4.78 is 0. The molecular weight excluding hydrogens is 250 g/mol. The largest absolute Gasteiger partial charge is 0.359 e. The van der Waals surface area contributed by atoms with Gasteiger partial charge in [0.1, 0.15) is 0 Å². The third-order valence-corrected chi connectivity index (χ3v) is 4.95. The normalized spacial score (nSPS) is 33.1. The number of nitrogens with one attached hydrogen (secondary N) is 1. The summed E-state index contributed by atoms with van der Waals surface area (Å²) in [5, 5.41) is 2.80. The molecule has 1 saturated heterocycles. The molecule has 3 atom stereocenters. The molecule has 3 unspecified atom stereocenters. The van der Waals surface area contributed by atoms with Crippen molar-refractivity contribution in [2.24, 2.45) is 11.1 Å². The Morgan fingerprint density at radius 3 is 2.80 bits per heavy atom. The van der Waals surface area contributed by atoms with E-state index in [1.807, 2.05) is 0 Å². The summed E-state index contributed by atoms with van der Waals surface area (Å²) in [7, 11) is 1.72. The fourth-order valence-corrected chi connectivity index (χ4v) is 3.74. The van der Waals surface area contributed by atoms with Gasteiger partial charge in [-0.05, 0) is 37.4 Å². The maximum absolute atomic E-state index is 12.0. The van der Waals surface area contributed by atoms with Gasteiger partial charge in [0.25, 0.3) is 0 Å². The van der Waals surface area contributed by atoms with Gasteiger partial charge in [-0.3, -0.25) is 9.69 Å². The number of nitrogens with zero attached hydrogens (tertiary/aromatic N) is 1. The van der Waals surface area contributed by atoms with Gasteiger partial charge in [-0.2, -0.15) is 0 Å². The lowest BCUT2D eigenvalue weighted by molar-refractivity contribution is -0.129. The minimum Gasteiger partial charge on any atom is -0.359 e. The number of benzene rings is 1.